The van der Waals surface area contributed by atoms with Crippen LogP contribution in [0.1, 0.15) is 85.9 Å². The van der Waals surface area contributed by atoms with Gasteiger partial charge in [0.05, 0.1) is 34.0 Å². The predicted octanol–water partition coefficient (Wildman–Crippen LogP) is 7.26. The van der Waals surface area contributed by atoms with Crippen molar-refractivity contribution in [2.24, 2.45) is 0 Å². The summed E-state index contributed by atoms with van der Waals surface area (Å²) < 4.78 is 28.7. The number of Topliss-reactive ketones (excluding diaryl/α,β-unsaturated/α-hetero) is 2. The third-order valence-corrected chi connectivity index (χ3v) is 11.1. The van der Waals surface area contributed by atoms with E-state index in [9.17, 15) is 9.59 Å². The second kappa shape index (κ2) is 16.0. The number of fused-ring (bicyclic) bond motifs is 4. The third kappa shape index (κ3) is 7.37. The molecule has 0 spiro atoms. The molecule has 9 nitrogen and oxygen atoms in total. The lowest BCUT2D eigenvalue weighted by atomic mass is 9.86. The third-order valence-electron chi connectivity index (χ3n) is 11.1. The average Bonchev–Trinajstić information content (AvgIpc) is 3.86. The molecule has 0 aromatic heterocycles. The highest BCUT2D eigenvalue weighted by Crippen LogP contribution is 2.48. The number of hydrogen-bond donors (Lipinski definition) is 0. The van der Waals surface area contributed by atoms with Crippen molar-refractivity contribution < 1.29 is 33.3 Å². The molecule has 0 amide bonds. The van der Waals surface area contributed by atoms with Crippen molar-refractivity contribution in [1.82, 2.24) is 9.80 Å². The van der Waals surface area contributed by atoms with Crippen LogP contribution in [0.15, 0.2) is 66.7 Å². The number of nitrogens with zero attached hydrogens (tertiary/aromatic N) is 2. The van der Waals surface area contributed by atoms with Gasteiger partial charge in [0.15, 0.2) is 34.6 Å². The summed E-state index contributed by atoms with van der Waals surface area (Å²) in [5, 5.41) is 0. The molecule has 4 aromatic carbocycles. The molecule has 53 heavy (non-hydrogen) atoms. The number of ether oxygens (including phenoxy) is 5. The molecule has 8 rings (SSSR count). The van der Waals surface area contributed by atoms with E-state index in [0.717, 1.165) is 84.2 Å². The van der Waals surface area contributed by atoms with Gasteiger partial charge in [-0.25, -0.2) is 0 Å². The predicted molar refractivity (Wildman–Crippen MR) is 204 cm³/mol. The largest absolute Gasteiger partial charge is 0.494 e. The average molecular weight is 719 g/mol. The van der Waals surface area contributed by atoms with Gasteiger partial charge in [-0.2, -0.15) is 0 Å². The lowest BCUT2D eigenvalue weighted by molar-refractivity contribution is 0.0917. The van der Waals surface area contributed by atoms with Gasteiger partial charge in [-0.05, 0) is 69.3 Å². The number of hydrogen-bond acceptors (Lipinski definition) is 9. The molecule has 0 aliphatic carbocycles. The molecule has 278 valence electrons. The number of carbonyl (C=O) groups is 2. The lowest BCUT2D eigenvalue weighted by Crippen LogP contribution is -2.34. The Morgan fingerprint density at radius 1 is 0.660 bits per heavy atom. The molecule has 2 atom stereocenters. The van der Waals surface area contributed by atoms with Crippen LogP contribution in [0.2, 0.25) is 0 Å². The van der Waals surface area contributed by atoms with Gasteiger partial charge < -0.3 is 23.7 Å². The maximum Gasteiger partial charge on any atom is 0.166 e. The van der Waals surface area contributed by atoms with Gasteiger partial charge in [-0.1, -0.05) is 42.5 Å². The number of likely N-dealkylation sites (N-methyl/N-ethyl adjacent to an activating group) is 2. The first-order valence-electron chi connectivity index (χ1n) is 18.8. The van der Waals surface area contributed by atoms with E-state index < -0.39 is 0 Å². The van der Waals surface area contributed by atoms with Crippen LogP contribution in [0, 0.1) is 0 Å². The van der Waals surface area contributed by atoms with Crippen LogP contribution in [0.3, 0.4) is 0 Å². The maximum absolute atomic E-state index is 13.0. The minimum Gasteiger partial charge on any atom is -0.494 e. The van der Waals surface area contributed by atoms with E-state index in [1.165, 1.54) is 22.3 Å². The molecule has 4 heterocycles. The Bertz CT molecular complexity index is 1960. The fraction of sp³-hybridized carbons (Fsp3) is 0.409. The Balaban J connectivity index is 0.000000165. The summed E-state index contributed by atoms with van der Waals surface area (Å²) in [5.74, 6) is 4.42. The van der Waals surface area contributed by atoms with E-state index >= 15 is 0 Å². The van der Waals surface area contributed by atoms with Gasteiger partial charge in [0.1, 0.15) is 5.75 Å². The molecule has 4 aliphatic rings. The normalized spacial score (nSPS) is 18.6. The van der Waals surface area contributed by atoms with Crippen molar-refractivity contribution in [1.29, 1.82) is 0 Å². The zero-order valence-electron chi connectivity index (χ0n) is 31.5. The summed E-state index contributed by atoms with van der Waals surface area (Å²) in [4.78, 5) is 30.3. The number of ketones is 2. The SMILES string of the molecule is CCOc1ccc(C(=O)CC2c3c(cc4c(c3OC)OCC4)CCN2C)cc1.COc1c2c(cc3c1C(CC(=O)c1ccccc1)N(C)CC3)CCO2. The van der Waals surface area contributed by atoms with Crippen molar-refractivity contribution in [3.63, 3.8) is 0 Å². The Morgan fingerprint density at radius 2 is 1.13 bits per heavy atom. The second-order valence-electron chi connectivity index (χ2n) is 14.2. The Kier molecular flexibility index (Phi) is 11.0. The van der Waals surface area contributed by atoms with Crippen LogP contribution in [0.5, 0.6) is 28.7 Å². The van der Waals surface area contributed by atoms with Gasteiger partial charge in [-0.15, -0.1) is 0 Å². The summed E-state index contributed by atoms with van der Waals surface area (Å²) in [6.07, 6.45) is 4.65. The fourth-order valence-corrected chi connectivity index (χ4v) is 8.28. The highest BCUT2D eigenvalue weighted by Gasteiger charge is 2.36. The standard InChI is InChI=1S/C23H27NO4.C21H23NO3/c1-4-27-18-7-5-15(6-8-18)20(25)14-19-21-16(9-11-24(19)2)13-17-10-12-28-22(17)23(21)26-3;1-22-10-8-15-12-16-9-11-25-20(16)21(24-2)19(15)17(22)13-18(23)14-6-4-3-5-7-14/h5-8,13,19H,4,9-12,14H2,1-3H3;3-7,12,17H,8-11,13H2,1-2H3. The van der Waals surface area contributed by atoms with E-state index in [-0.39, 0.29) is 23.7 Å². The second-order valence-corrected chi connectivity index (χ2v) is 14.2. The van der Waals surface area contributed by atoms with Crippen LogP contribution in [0.4, 0.5) is 0 Å². The summed E-state index contributed by atoms with van der Waals surface area (Å²) in [5.41, 5.74) is 8.73. The van der Waals surface area contributed by atoms with Crippen LogP contribution in [-0.4, -0.2) is 82.6 Å². The van der Waals surface area contributed by atoms with Gasteiger partial charge in [0.25, 0.3) is 0 Å². The minimum absolute atomic E-state index is 0.0147. The van der Waals surface area contributed by atoms with Crippen LogP contribution in [-0.2, 0) is 25.7 Å². The Hall–Kier alpha value is -4.86. The first-order valence-corrected chi connectivity index (χ1v) is 18.8. The summed E-state index contributed by atoms with van der Waals surface area (Å²) in [6, 6.07) is 21.4. The van der Waals surface area contributed by atoms with Crippen molar-refractivity contribution >= 4 is 11.6 Å². The van der Waals surface area contributed by atoms with Crippen molar-refractivity contribution in [3.05, 3.63) is 111 Å². The number of benzene rings is 4. The summed E-state index contributed by atoms with van der Waals surface area (Å²) >= 11 is 0. The summed E-state index contributed by atoms with van der Waals surface area (Å²) in [6.45, 7) is 5.84. The van der Waals surface area contributed by atoms with Gasteiger partial charge >= 0.3 is 0 Å². The van der Waals surface area contributed by atoms with Gasteiger partial charge in [0.2, 0.25) is 0 Å². The lowest BCUT2D eigenvalue weighted by Gasteiger charge is -2.36. The highest BCUT2D eigenvalue weighted by atomic mass is 16.5. The van der Waals surface area contributed by atoms with E-state index in [0.29, 0.717) is 38.2 Å². The van der Waals surface area contributed by atoms with Crippen LogP contribution < -0.4 is 23.7 Å². The van der Waals surface area contributed by atoms with E-state index in [4.69, 9.17) is 23.7 Å². The van der Waals surface area contributed by atoms with Gasteiger partial charge in [0, 0.05) is 84.2 Å². The van der Waals surface area contributed by atoms with E-state index in [2.05, 4.69) is 36.0 Å². The Morgan fingerprint density at radius 3 is 1.58 bits per heavy atom. The monoisotopic (exact) mass is 718 g/mol. The zero-order valence-corrected chi connectivity index (χ0v) is 31.5. The first-order chi connectivity index (χ1) is 25.8. The smallest absolute Gasteiger partial charge is 0.166 e. The van der Waals surface area contributed by atoms with E-state index in [1.54, 1.807) is 14.2 Å². The molecule has 0 saturated heterocycles. The highest BCUT2D eigenvalue weighted by molar-refractivity contribution is 5.97. The van der Waals surface area contributed by atoms with E-state index in [1.807, 2.05) is 61.5 Å². The molecule has 4 aromatic rings. The number of rotatable bonds is 10. The topological polar surface area (TPSA) is 86.8 Å². The molecule has 4 aliphatic heterocycles. The van der Waals surface area contributed by atoms with Crippen molar-refractivity contribution in [3.8, 4) is 28.7 Å². The zero-order chi connectivity index (χ0) is 37.1. The van der Waals surface area contributed by atoms with Crippen molar-refractivity contribution in [2.75, 3.05) is 61.2 Å². The molecule has 0 bridgehead atoms. The quantitative estimate of drug-likeness (QED) is 0.157. The summed E-state index contributed by atoms with van der Waals surface area (Å²) in [7, 11) is 7.55. The molecule has 0 N–H and O–H groups in total. The molecular weight excluding hydrogens is 668 g/mol. The van der Waals surface area contributed by atoms with Crippen LogP contribution in [0.25, 0.3) is 0 Å². The molecule has 0 radical (unpaired) electrons. The molecule has 9 heteroatoms. The number of carbonyl (C=O) groups excluding carboxylic acids is 2. The molecule has 0 fully saturated rings. The first kappa shape index (κ1) is 36.5. The molecule has 2 unspecified atom stereocenters. The molecular formula is C44H50N2O7. The van der Waals surface area contributed by atoms with Crippen LogP contribution >= 0.6 is 0 Å². The Labute approximate surface area is 312 Å². The number of methoxy groups -OCH3 is 2. The maximum atomic E-state index is 13.0. The fourth-order valence-electron chi connectivity index (χ4n) is 8.28. The van der Waals surface area contributed by atoms with Crippen molar-refractivity contribution in [2.45, 2.75) is 57.5 Å². The minimum atomic E-state index is -0.0210. The van der Waals surface area contributed by atoms with Gasteiger partial charge in [-0.3, -0.25) is 19.4 Å². The molecule has 0 saturated carbocycles.